The maximum absolute atomic E-state index is 11.7. The fourth-order valence-corrected chi connectivity index (χ4v) is 2.17. The summed E-state index contributed by atoms with van der Waals surface area (Å²) in [5, 5.41) is 8.65. The van der Waals surface area contributed by atoms with Crippen LogP contribution < -0.4 is 4.72 Å². The molecule has 0 saturated heterocycles. The highest BCUT2D eigenvalue weighted by Gasteiger charge is 2.17. The Hall–Kier alpha value is -0.960. The van der Waals surface area contributed by atoms with E-state index in [2.05, 4.69) is 9.71 Å². The number of hydrogen-bond acceptors (Lipinski definition) is 5. The SMILES string of the molecule is CCc1cnc(CNS(=O)(=O)N(C)CCCO)o1. The van der Waals surface area contributed by atoms with Crippen LogP contribution in [0.25, 0.3) is 0 Å². The lowest BCUT2D eigenvalue weighted by Gasteiger charge is -2.16. The molecular formula is C10H19N3O4S. The fraction of sp³-hybridized carbons (Fsp3) is 0.700. The Morgan fingerprint density at radius 1 is 1.56 bits per heavy atom. The van der Waals surface area contributed by atoms with Crippen molar-refractivity contribution >= 4 is 10.2 Å². The van der Waals surface area contributed by atoms with Crippen LogP contribution in [0.2, 0.25) is 0 Å². The van der Waals surface area contributed by atoms with Crippen LogP contribution in [0.15, 0.2) is 10.6 Å². The summed E-state index contributed by atoms with van der Waals surface area (Å²) in [5.74, 6) is 1.06. The van der Waals surface area contributed by atoms with Gasteiger partial charge in [-0.1, -0.05) is 6.92 Å². The Morgan fingerprint density at radius 3 is 2.83 bits per heavy atom. The number of aliphatic hydroxyl groups is 1. The average Bonchev–Trinajstić information content (AvgIpc) is 2.81. The highest BCUT2D eigenvalue weighted by atomic mass is 32.2. The van der Waals surface area contributed by atoms with E-state index in [9.17, 15) is 8.42 Å². The van der Waals surface area contributed by atoms with Crippen molar-refractivity contribution < 1.29 is 17.9 Å². The van der Waals surface area contributed by atoms with Gasteiger partial charge in [0.2, 0.25) is 5.89 Å². The third kappa shape index (κ3) is 4.37. The molecule has 0 radical (unpaired) electrons. The molecule has 0 saturated carbocycles. The van der Waals surface area contributed by atoms with E-state index in [1.165, 1.54) is 7.05 Å². The van der Waals surface area contributed by atoms with Gasteiger partial charge in [0.1, 0.15) is 5.76 Å². The largest absolute Gasteiger partial charge is 0.444 e. The highest BCUT2D eigenvalue weighted by molar-refractivity contribution is 7.87. The van der Waals surface area contributed by atoms with E-state index in [4.69, 9.17) is 9.52 Å². The van der Waals surface area contributed by atoms with Crippen molar-refractivity contribution in [1.29, 1.82) is 0 Å². The van der Waals surface area contributed by atoms with Crippen LogP contribution in [-0.2, 0) is 23.2 Å². The quantitative estimate of drug-likeness (QED) is 0.691. The first-order chi connectivity index (χ1) is 8.49. The molecule has 8 heteroatoms. The summed E-state index contributed by atoms with van der Waals surface area (Å²) in [4.78, 5) is 3.96. The van der Waals surface area contributed by atoms with Gasteiger partial charge in [-0.2, -0.15) is 17.4 Å². The maximum atomic E-state index is 11.7. The predicted molar refractivity (Wildman–Crippen MR) is 66.0 cm³/mol. The Bertz CT molecular complexity index is 457. The third-order valence-corrected chi connectivity index (χ3v) is 3.91. The van der Waals surface area contributed by atoms with E-state index in [1.54, 1.807) is 6.20 Å². The van der Waals surface area contributed by atoms with Crippen LogP contribution >= 0.6 is 0 Å². The lowest BCUT2D eigenvalue weighted by Crippen LogP contribution is -2.38. The topological polar surface area (TPSA) is 95.7 Å². The van der Waals surface area contributed by atoms with Crippen molar-refractivity contribution in [1.82, 2.24) is 14.0 Å². The minimum Gasteiger partial charge on any atom is -0.444 e. The Morgan fingerprint density at radius 2 is 2.28 bits per heavy atom. The molecule has 0 bridgehead atoms. The van der Waals surface area contributed by atoms with Crippen LogP contribution in [0, 0.1) is 0 Å². The Balaban J connectivity index is 2.50. The molecule has 0 unspecified atom stereocenters. The van der Waals surface area contributed by atoms with Gasteiger partial charge >= 0.3 is 0 Å². The molecule has 1 aromatic heterocycles. The van der Waals surface area contributed by atoms with E-state index in [-0.39, 0.29) is 19.7 Å². The molecule has 7 nitrogen and oxygen atoms in total. The molecule has 0 aromatic carbocycles. The van der Waals surface area contributed by atoms with Crippen molar-refractivity contribution in [3.8, 4) is 0 Å². The number of rotatable bonds is 8. The van der Waals surface area contributed by atoms with E-state index in [0.29, 0.717) is 12.3 Å². The molecule has 18 heavy (non-hydrogen) atoms. The summed E-state index contributed by atoms with van der Waals surface area (Å²) in [6.07, 6.45) is 2.70. The van der Waals surface area contributed by atoms with Crippen LogP contribution in [0.5, 0.6) is 0 Å². The Kier molecular flexibility index (Phi) is 5.73. The van der Waals surface area contributed by atoms with Crippen LogP contribution in [0.4, 0.5) is 0 Å². The smallest absolute Gasteiger partial charge is 0.279 e. The van der Waals surface area contributed by atoms with Gasteiger partial charge in [-0.25, -0.2) is 4.98 Å². The molecule has 0 aliphatic carbocycles. The lowest BCUT2D eigenvalue weighted by atomic mass is 10.4. The van der Waals surface area contributed by atoms with Gasteiger partial charge in [-0.3, -0.25) is 0 Å². The molecule has 1 heterocycles. The first-order valence-electron chi connectivity index (χ1n) is 5.75. The van der Waals surface area contributed by atoms with Crippen molar-refractivity contribution in [3.05, 3.63) is 17.8 Å². The Labute approximate surface area is 107 Å². The number of aromatic nitrogens is 1. The lowest BCUT2D eigenvalue weighted by molar-refractivity contribution is 0.275. The number of oxazole rings is 1. The van der Waals surface area contributed by atoms with E-state index in [1.807, 2.05) is 6.92 Å². The van der Waals surface area contributed by atoms with E-state index < -0.39 is 10.2 Å². The second-order valence-electron chi connectivity index (χ2n) is 3.80. The van der Waals surface area contributed by atoms with Gasteiger partial charge in [0.05, 0.1) is 12.7 Å². The van der Waals surface area contributed by atoms with Crippen molar-refractivity contribution in [2.75, 3.05) is 20.2 Å². The van der Waals surface area contributed by atoms with Crippen molar-refractivity contribution in [3.63, 3.8) is 0 Å². The molecule has 0 aliphatic rings. The second kappa shape index (κ2) is 6.83. The van der Waals surface area contributed by atoms with Crippen LogP contribution in [0.3, 0.4) is 0 Å². The highest BCUT2D eigenvalue weighted by Crippen LogP contribution is 2.05. The summed E-state index contributed by atoms with van der Waals surface area (Å²) in [6.45, 7) is 2.17. The predicted octanol–water partition coefficient (Wildman–Crippen LogP) is -0.114. The first kappa shape index (κ1) is 15.1. The fourth-order valence-electron chi connectivity index (χ4n) is 1.27. The summed E-state index contributed by atoms with van der Waals surface area (Å²) >= 11 is 0. The van der Waals surface area contributed by atoms with Gasteiger partial charge in [0.25, 0.3) is 10.2 Å². The molecule has 0 fully saturated rings. The van der Waals surface area contributed by atoms with Gasteiger partial charge in [0.15, 0.2) is 0 Å². The maximum Gasteiger partial charge on any atom is 0.279 e. The molecule has 1 aromatic rings. The molecule has 0 aliphatic heterocycles. The summed E-state index contributed by atoms with van der Waals surface area (Å²) < 4.78 is 32.3. The summed E-state index contributed by atoms with van der Waals surface area (Å²) in [7, 11) is -2.11. The standard InChI is InChI=1S/C10H19N3O4S/c1-3-9-7-11-10(17-9)8-12-18(15,16)13(2)5-4-6-14/h7,12,14H,3-6,8H2,1-2H3. The summed E-state index contributed by atoms with van der Waals surface area (Å²) in [5.41, 5.74) is 0. The molecule has 2 N–H and O–H groups in total. The molecule has 1 rings (SSSR count). The average molecular weight is 277 g/mol. The molecule has 0 spiro atoms. The number of nitrogens with zero attached hydrogens (tertiary/aromatic N) is 2. The normalized spacial score (nSPS) is 12.2. The number of nitrogens with one attached hydrogen (secondary N) is 1. The number of aryl methyl sites for hydroxylation is 1. The van der Waals surface area contributed by atoms with E-state index >= 15 is 0 Å². The molecule has 104 valence electrons. The number of aliphatic hydroxyl groups excluding tert-OH is 1. The minimum absolute atomic E-state index is 0.0196. The minimum atomic E-state index is -3.56. The van der Waals surface area contributed by atoms with Crippen molar-refractivity contribution in [2.24, 2.45) is 0 Å². The van der Waals surface area contributed by atoms with Gasteiger partial charge in [-0.15, -0.1) is 0 Å². The zero-order chi connectivity index (χ0) is 13.6. The molecule has 0 amide bonds. The van der Waals surface area contributed by atoms with Gasteiger partial charge in [0, 0.05) is 26.6 Å². The number of hydrogen-bond donors (Lipinski definition) is 2. The van der Waals surface area contributed by atoms with Gasteiger partial charge in [-0.05, 0) is 6.42 Å². The van der Waals surface area contributed by atoms with Gasteiger partial charge < -0.3 is 9.52 Å². The first-order valence-corrected chi connectivity index (χ1v) is 7.19. The van der Waals surface area contributed by atoms with Crippen LogP contribution in [0.1, 0.15) is 25.0 Å². The van der Waals surface area contributed by atoms with Crippen molar-refractivity contribution in [2.45, 2.75) is 26.3 Å². The van der Waals surface area contributed by atoms with E-state index in [0.717, 1.165) is 16.5 Å². The monoisotopic (exact) mass is 277 g/mol. The molecule has 0 atom stereocenters. The zero-order valence-electron chi connectivity index (χ0n) is 10.6. The zero-order valence-corrected chi connectivity index (χ0v) is 11.4. The molecular weight excluding hydrogens is 258 g/mol. The van der Waals surface area contributed by atoms with Crippen LogP contribution in [-0.4, -0.2) is 43.0 Å². The summed E-state index contributed by atoms with van der Waals surface area (Å²) in [6, 6.07) is 0. The second-order valence-corrected chi connectivity index (χ2v) is 5.66. The third-order valence-electron chi connectivity index (χ3n) is 2.40.